The third-order valence-corrected chi connectivity index (χ3v) is 4.52. The van der Waals surface area contributed by atoms with Crippen molar-refractivity contribution in [3.8, 4) is 5.88 Å². The van der Waals surface area contributed by atoms with E-state index < -0.39 is 0 Å². The van der Waals surface area contributed by atoms with Gasteiger partial charge in [-0.25, -0.2) is 4.98 Å². The molecule has 23 heavy (non-hydrogen) atoms. The number of fused-ring (bicyclic) bond motifs is 1. The molecule has 0 bridgehead atoms. The van der Waals surface area contributed by atoms with Crippen LogP contribution in [-0.4, -0.2) is 61.4 Å². The monoisotopic (exact) mass is 320 g/mol. The first-order valence-corrected chi connectivity index (χ1v) is 8.30. The normalized spacial score (nSPS) is 24.1. The van der Waals surface area contributed by atoms with Crippen LogP contribution in [0.15, 0.2) is 18.3 Å². The molecule has 2 unspecified atom stereocenters. The van der Waals surface area contributed by atoms with Gasteiger partial charge in [0.2, 0.25) is 5.88 Å². The molecular formula is C17H24N2O4. The van der Waals surface area contributed by atoms with E-state index in [9.17, 15) is 4.79 Å². The Morgan fingerprint density at radius 3 is 3.13 bits per heavy atom. The van der Waals surface area contributed by atoms with E-state index in [1.807, 2.05) is 4.90 Å². The summed E-state index contributed by atoms with van der Waals surface area (Å²) in [6.45, 7) is 2.08. The number of methoxy groups -OCH3 is 1. The lowest BCUT2D eigenvalue weighted by Gasteiger charge is -2.43. The number of morpholine rings is 1. The maximum Gasteiger partial charge on any atom is 0.259 e. The summed E-state index contributed by atoms with van der Waals surface area (Å²) < 4.78 is 16.4. The van der Waals surface area contributed by atoms with Gasteiger partial charge in [0.05, 0.1) is 25.4 Å². The van der Waals surface area contributed by atoms with Crippen molar-refractivity contribution in [2.75, 3.05) is 33.5 Å². The molecule has 0 radical (unpaired) electrons. The van der Waals surface area contributed by atoms with E-state index in [-0.39, 0.29) is 18.1 Å². The second-order valence-electron chi connectivity index (χ2n) is 5.96. The zero-order chi connectivity index (χ0) is 16.1. The highest BCUT2D eigenvalue weighted by atomic mass is 16.5. The number of nitrogens with zero attached hydrogens (tertiary/aromatic N) is 2. The average Bonchev–Trinajstić information content (AvgIpc) is 2.61. The number of hydrogen-bond donors (Lipinski definition) is 0. The molecule has 0 aromatic carbocycles. The summed E-state index contributed by atoms with van der Waals surface area (Å²) in [4.78, 5) is 19.2. The van der Waals surface area contributed by atoms with Crippen molar-refractivity contribution in [3.05, 3.63) is 23.9 Å². The van der Waals surface area contributed by atoms with Gasteiger partial charge in [0.25, 0.3) is 5.91 Å². The van der Waals surface area contributed by atoms with Crippen molar-refractivity contribution >= 4 is 5.91 Å². The Labute approximate surface area is 136 Å². The second-order valence-corrected chi connectivity index (χ2v) is 5.96. The first-order valence-electron chi connectivity index (χ1n) is 8.30. The number of hydrogen-bond acceptors (Lipinski definition) is 5. The van der Waals surface area contributed by atoms with Crippen LogP contribution in [0.2, 0.25) is 0 Å². The molecule has 1 saturated carbocycles. The molecule has 1 aromatic rings. The summed E-state index contributed by atoms with van der Waals surface area (Å²) in [5.41, 5.74) is 0.523. The molecule has 126 valence electrons. The Morgan fingerprint density at radius 2 is 2.26 bits per heavy atom. The third-order valence-electron chi connectivity index (χ3n) is 4.52. The van der Waals surface area contributed by atoms with Crippen LogP contribution >= 0.6 is 0 Å². The van der Waals surface area contributed by atoms with Crippen LogP contribution in [0.25, 0.3) is 0 Å². The summed E-state index contributed by atoms with van der Waals surface area (Å²) in [5, 5.41) is 0. The molecule has 1 aliphatic carbocycles. The number of rotatable bonds is 5. The number of ether oxygens (including phenoxy) is 3. The van der Waals surface area contributed by atoms with Gasteiger partial charge in [-0.15, -0.1) is 0 Å². The highest BCUT2D eigenvalue weighted by molar-refractivity contribution is 5.96. The molecule has 2 fully saturated rings. The maximum atomic E-state index is 13.0. The predicted octanol–water partition coefficient (Wildman–Crippen LogP) is 1.89. The summed E-state index contributed by atoms with van der Waals surface area (Å²) >= 11 is 0. The van der Waals surface area contributed by atoms with Crippen molar-refractivity contribution in [3.63, 3.8) is 0 Å². The van der Waals surface area contributed by atoms with Crippen molar-refractivity contribution < 1.29 is 19.0 Å². The topological polar surface area (TPSA) is 60.9 Å². The van der Waals surface area contributed by atoms with E-state index in [1.54, 1.807) is 25.4 Å². The lowest BCUT2D eigenvalue weighted by atomic mass is 9.90. The SMILES string of the molecule is COCCOc1ncccc1C(=O)N1CCOC2CCCCC21. The minimum absolute atomic E-state index is 0.00860. The minimum Gasteiger partial charge on any atom is -0.475 e. The number of amides is 1. The maximum absolute atomic E-state index is 13.0. The summed E-state index contributed by atoms with van der Waals surface area (Å²) in [6, 6.07) is 3.73. The molecule has 6 heteroatoms. The Hall–Kier alpha value is -1.66. The van der Waals surface area contributed by atoms with Gasteiger partial charge >= 0.3 is 0 Å². The third kappa shape index (κ3) is 3.64. The fourth-order valence-corrected chi connectivity index (χ4v) is 3.39. The molecule has 6 nitrogen and oxygen atoms in total. The van der Waals surface area contributed by atoms with Gasteiger partial charge in [-0.3, -0.25) is 4.79 Å². The van der Waals surface area contributed by atoms with E-state index in [2.05, 4.69) is 4.98 Å². The van der Waals surface area contributed by atoms with Gasteiger partial charge in [-0.05, 0) is 25.0 Å². The molecule has 1 saturated heterocycles. The largest absolute Gasteiger partial charge is 0.475 e. The molecule has 3 rings (SSSR count). The van der Waals surface area contributed by atoms with E-state index in [1.165, 1.54) is 6.42 Å². The van der Waals surface area contributed by atoms with Crippen molar-refractivity contribution in [2.45, 2.75) is 37.8 Å². The van der Waals surface area contributed by atoms with Crippen LogP contribution in [0.1, 0.15) is 36.0 Å². The highest BCUT2D eigenvalue weighted by Crippen LogP contribution is 2.30. The van der Waals surface area contributed by atoms with Crippen LogP contribution in [0.4, 0.5) is 0 Å². The molecular weight excluding hydrogens is 296 g/mol. The minimum atomic E-state index is -0.00860. The molecule has 0 N–H and O–H groups in total. The van der Waals surface area contributed by atoms with Gasteiger partial charge < -0.3 is 19.1 Å². The van der Waals surface area contributed by atoms with Crippen LogP contribution < -0.4 is 4.74 Å². The standard InChI is InChI=1S/C17H24N2O4/c1-21-11-12-23-16-13(5-4-8-18-16)17(20)19-9-10-22-15-7-3-2-6-14(15)19/h4-5,8,14-15H,2-3,6-7,9-12H2,1H3. The van der Waals surface area contributed by atoms with Crippen LogP contribution in [0, 0.1) is 0 Å². The fraction of sp³-hybridized carbons (Fsp3) is 0.647. The summed E-state index contributed by atoms with van der Waals surface area (Å²) in [6.07, 6.45) is 6.20. The molecule has 0 spiro atoms. The van der Waals surface area contributed by atoms with Gasteiger partial charge in [-0.1, -0.05) is 12.8 Å². The smallest absolute Gasteiger partial charge is 0.259 e. The summed E-state index contributed by atoms with van der Waals surface area (Å²) in [5.74, 6) is 0.374. The average molecular weight is 320 g/mol. The zero-order valence-electron chi connectivity index (χ0n) is 13.6. The Balaban J connectivity index is 1.76. The van der Waals surface area contributed by atoms with E-state index in [0.717, 1.165) is 19.3 Å². The zero-order valence-corrected chi connectivity index (χ0v) is 13.6. The van der Waals surface area contributed by atoms with Crippen molar-refractivity contribution in [1.82, 2.24) is 9.88 Å². The predicted molar refractivity (Wildman–Crippen MR) is 84.6 cm³/mol. The Morgan fingerprint density at radius 1 is 1.39 bits per heavy atom. The molecule has 1 aliphatic heterocycles. The number of carbonyl (C=O) groups is 1. The Bertz CT molecular complexity index is 535. The Kier molecular flexibility index (Phi) is 5.46. The van der Waals surface area contributed by atoms with Gasteiger partial charge in [-0.2, -0.15) is 0 Å². The van der Waals surface area contributed by atoms with Crippen LogP contribution in [0.5, 0.6) is 5.88 Å². The van der Waals surface area contributed by atoms with E-state index >= 15 is 0 Å². The van der Waals surface area contributed by atoms with Crippen LogP contribution in [0.3, 0.4) is 0 Å². The first kappa shape index (κ1) is 16.2. The van der Waals surface area contributed by atoms with E-state index in [4.69, 9.17) is 14.2 Å². The molecule has 1 aromatic heterocycles. The number of aromatic nitrogens is 1. The fourth-order valence-electron chi connectivity index (χ4n) is 3.39. The highest BCUT2D eigenvalue weighted by Gasteiger charge is 2.37. The first-order chi connectivity index (χ1) is 11.3. The van der Waals surface area contributed by atoms with Crippen LogP contribution in [-0.2, 0) is 9.47 Å². The van der Waals surface area contributed by atoms with E-state index in [0.29, 0.717) is 37.8 Å². The quantitative estimate of drug-likeness (QED) is 0.775. The van der Waals surface area contributed by atoms with Crippen molar-refractivity contribution in [2.24, 2.45) is 0 Å². The molecule has 2 aliphatic rings. The second kappa shape index (κ2) is 7.75. The lowest BCUT2D eigenvalue weighted by Crippen LogP contribution is -2.54. The molecule has 2 heterocycles. The summed E-state index contributed by atoms with van der Waals surface area (Å²) in [7, 11) is 1.62. The number of carbonyl (C=O) groups excluding carboxylic acids is 1. The number of pyridine rings is 1. The van der Waals surface area contributed by atoms with Gasteiger partial charge in [0, 0.05) is 19.9 Å². The molecule has 2 atom stereocenters. The van der Waals surface area contributed by atoms with Crippen molar-refractivity contribution in [1.29, 1.82) is 0 Å². The molecule has 1 amide bonds. The van der Waals surface area contributed by atoms with Gasteiger partial charge in [0.1, 0.15) is 12.2 Å². The lowest BCUT2D eigenvalue weighted by molar-refractivity contribution is -0.0753. The van der Waals surface area contributed by atoms with Gasteiger partial charge in [0.15, 0.2) is 0 Å².